The van der Waals surface area contributed by atoms with E-state index in [2.05, 4.69) is 16.3 Å². The van der Waals surface area contributed by atoms with E-state index in [1.54, 1.807) is 24.3 Å². The number of sulfonamides is 1. The molecule has 0 saturated heterocycles. The SMILES string of the molecule is C=C(CCC(F)(F)F)c1ccc(-c2nc(S(=O)(=O)Nc3cc(F)c(C(=O)O)cc3OC)cs2)cc1. The number of ether oxygens (including phenoxy) is 1. The number of nitrogens with zero attached hydrogens (tertiary/aromatic N) is 1. The Morgan fingerprint density at radius 2 is 1.89 bits per heavy atom. The third-order valence-electron chi connectivity index (χ3n) is 4.77. The molecule has 0 aliphatic heterocycles. The second-order valence-electron chi connectivity index (χ2n) is 7.23. The van der Waals surface area contributed by atoms with Crippen LogP contribution >= 0.6 is 11.3 Å². The molecule has 1 heterocycles. The van der Waals surface area contributed by atoms with Crippen molar-refractivity contribution in [2.75, 3.05) is 11.8 Å². The zero-order valence-corrected chi connectivity index (χ0v) is 19.7. The van der Waals surface area contributed by atoms with Gasteiger partial charge in [0.1, 0.15) is 16.6 Å². The Morgan fingerprint density at radius 3 is 2.46 bits per heavy atom. The molecular weight excluding hydrogens is 512 g/mol. The molecule has 0 amide bonds. The predicted octanol–water partition coefficient (Wildman–Crippen LogP) is 5.81. The van der Waals surface area contributed by atoms with Gasteiger partial charge in [0.25, 0.3) is 10.0 Å². The number of carboxylic acids is 1. The molecule has 0 fully saturated rings. The number of thiazole rings is 1. The highest BCUT2D eigenvalue weighted by atomic mass is 32.2. The van der Waals surface area contributed by atoms with Crippen LogP contribution < -0.4 is 9.46 Å². The Balaban J connectivity index is 1.80. The fourth-order valence-electron chi connectivity index (χ4n) is 2.96. The third kappa shape index (κ3) is 6.36. The summed E-state index contributed by atoms with van der Waals surface area (Å²) in [5.41, 5.74) is 0.355. The van der Waals surface area contributed by atoms with Crippen molar-refractivity contribution >= 4 is 38.6 Å². The number of aromatic carboxylic acids is 1. The van der Waals surface area contributed by atoms with E-state index in [0.29, 0.717) is 27.8 Å². The van der Waals surface area contributed by atoms with Gasteiger partial charge in [-0.15, -0.1) is 11.3 Å². The third-order valence-corrected chi connectivity index (χ3v) is 7.06. The smallest absolute Gasteiger partial charge is 0.389 e. The highest BCUT2D eigenvalue weighted by molar-refractivity contribution is 7.92. The van der Waals surface area contributed by atoms with E-state index in [1.165, 1.54) is 12.5 Å². The number of methoxy groups -OCH3 is 1. The molecule has 0 spiro atoms. The summed E-state index contributed by atoms with van der Waals surface area (Å²) in [7, 11) is -3.13. The van der Waals surface area contributed by atoms with Crippen LogP contribution in [0.2, 0.25) is 0 Å². The zero-order valence-electron chi connectivity index (χ0n) is 18.0. The van der Waals surface area contributed by atoms with Crippen molar-refractivity contribution in [3.8, 4) is 16.3 Å². The van der Waals surface area contributed by atoms with Gasteiger partial charge in [-0.3, -0.25) is 4.72 Å². The number of benzene rings is 2. The molecule has 1 aromatic heterocycles. The molecule has 0 saturated carbocycles. The van der Waals surface area contributed by atoms with Crippen LogP contribution in [-0.4, -0.2) is 37.8 Å². The number of anilines is 1. The molecule has 0 radical (unpaired) electrons. The van der Waals surface area contributed by atoms with Crippen molar-refractivity contribution in [1.82, 2.24) is 4.98 Å². The van der Waals surface area contributed by atoms with Crippen LogP contribution in [0.1, 0.15) is 28.8 Å². The fraction of sp³-hybridized carbons (Fsp3) is 0.182. The highest BCUT2D eigenvalue weighted by Crippen LogP contribution is 2.33. The lowest BCUT2D eigenvalue weighted by molar-refractivity contribution is -0.133. The monoisotopic (exact) mass is 530 g/mol. The van der Waals surface area contributed by atoms with Gasteiger partial charge in [-0.25, -0.2) is 14.2 Å². The van der Waals surface area contributed by atoms with Gasteiger partial charge in [0, 0.05) is 23.4 Å². The summed E-state index contributed by atoms with van der Waals surface area (Å²) in [6.45, 7) is 3.67. The van der Waals surface area contributed by atoms with Gasteiger partial charge in [0.15, 0.2) is 5.03 Å². The molecule has 186 valence electrons. The summed E-state index contributed by atoms with van der Waals surface area (Å²) in [5, 5.41) is 10.2. The summed E-state index contributed by atoms with van der Waals surface area (Å²) in [4.78, 5) is 15.2. The van der Waals surface area contributed by atoms with Crippen LogP contribution in [0.5, 0.6) is 5.75 Å². The summed E-state index contributed by atoms with van der Waals surface area (Å²) in [6.07, 6.45) is -5.51. The van der Waals surface area contributed by atoms with Gasteiger partial charge in [-0.2, -0.15) is 21.6 Å². The largest absolute Gasteiger partial charge is 0.495 e. The molecule has 0 atom stereocenters. The second-order valence-corrected chi connectivity index (χ2v) is 9.72. The Morgan fingerprint density at radius 1 is 1.23 bits per heavy atom. The molecule has 13 heteroatoms. The minimum absolute atomic E-state index is 0.204. The number of nitrogens with one attached hydrogen (secondary N) is 1. The van der Waals surface area contributed by atoms with Crippen LogP contribution in [0.4, 0.5) is 23.2 Å². The first kappa shape index (κ1) is 26.2. The molecule has 3 aromatic rings. The van der Waals surface area contributed by atoms with Crippen molar-refractivity contribution in [1.29, 1.82) is 0 Å². The first-order valence-electron chi connectivity index (χ1n) is 9.75. The van der Waals surface area contributed by atoms with E-state index < -0.39 is 40.0 Å². The molecule has 0 bridgehead atoms. The summed E-state index contributed by atoms with van der Waals surface area (Å²) >= 11 is 1.00. The van der Waals surface area contributed by atoms with E-state index >= 15 is 0 Å². The number of carboxylic acid groups (broad SMARTS) is 1. The summed E-state index contributed by atoms with van der Waals surface area (Å²) in [6, 6.07) is 7.85. The van der Waals surface area contributed by atoms with E-state index in [9.17, 15) is 30.8 Å². The standard InChI is InChI=1S/C22H18F4N2O5S2/c1-12(7-8-22(24,25)26)13-3-5-14(6-4-13)20-27-19(11-34-20)35(31,32)28-17-10-16(23)15(21(29)30)9-18(17)33-2/h3-6,9-11,28H,1,7-8H2,2H3,(H,29,30). The molecule has 0 unspecified atom stereocenters. The van der Waals surface area contributed by atoms with Gasteiger partial charge in [0.05, 0.1) is 18.4 Å². The number of alkyl halides is 3. The molecular formula is C22H18F4N2O5S2. The van der Waals surface area contributed by atoms with E-state index in [1.807, 2.05) is 0 Å². The number of allylic oxidation sites excluding steroid dienone is 1. The minimum atomic E-state index is -4.29. The van der Waals surface area contributed by atoms with Crippen LogP contribution in [0, 0.1) is 5.82 Å². The van der Waals surface area contributed by atoms with Gasteiger partial charge in [0.2, 0.25) is 0 Å². The van der Waals surface area contributed by atoms with Crippen LogP contribution in [-0.2, 0) is 10.0 Å². The van der Waals surface area contributed by atoms with Gasteiger partial charge in [-0.1, -0.05) is 30.8 Å². The van der Waals surface area contributed by atoms with E-state index in [-0.39, 0.29) is 22.9 Å². The van der Waals surface area contributed by atoms with Gasteiger partial charge in [-0.05, 0) is 23.6 Å². The van der Waals surface area contributed by atoms with Crippen molar-refractivity contribution in [2.45, 2.75) is 24.0 Å². The lowest BCUT2D eigenvalue weighted by atomic mass is 10.0. The molecule has 0 aliphatic rings. The Bertz CT molecular complexity index is 1370. The van der Waals surface area contributed by atoms with Crippen molar-refractivity contribution in [3.63, 3.8) is 0 Å². The van der Waals surface area contributed by atoms with Gasteiger partial charge >= 0.3 is 12.1 Å². The minimum Gasteiger partial charge on any atom is -0.495 e. The van der Waals surface area contributed by atoms with Crippen molar-refractivity contribution in [3.05, 3.63) is 65.3 Å². The molecule has 7 nitrogen and oxygen atoms in total. The maximum Gasteiger partial charge on any atom is 0.389 e. The van der Waals surface area contributed by atoms with E-state index in [4.69, 9.17) is 9.84 Å². The fourth-order valence-corrected chi connectivity index (χ4v) is 5.13. The zero-order chi connectivity index (χ0) is 26.0. The van der Waals surface area contributed by atoms with Crippen molar-refractivity contribution < 1.29 is 40.6 Å². The first-order chi connectivity index (χ1) is 16.3. The molecule has 2 N–H and O–H groups in total. The average Bonchev–Trinajstić information content (AvgIpc) is 3.28. The number of aromatic nitrogens is 1. The van der Waals surface area contributed by atoms with E-state index in [0.717, 1.165) is 17.4 Å². The number of rotatable bonds is 9. The normalized spacial score (nSPS) is 11.8. The van der Waals surface area contributed by atoms with Crippen LogP contribution in [0.25, 0.3) is 16.1 Å². The van der Waals surface area contributed by atoms with Gasteiger partial charge < -0.3 is 9.84 Å². The maximum absolute atomic E-state index is 14.1. The van der Waals surface area contributed by atoms with Crippen molar-refractivity contribution in [2.24, 2.45) is 0 Å². The Labute approximate surface area is 201 Å². The Hall–Kier alpha value is -3.45. The lowest BCUT2D eigenvalue weighted by Gasteiger charge is -2.12. The predicted molar refractivity (Wildman–Crippen MR) is 123 cm³/mol. The topological polar surface area (TPSA) is 106 Å². The first-order valence-corrected chi connectivity index (χ1v) is 12.1. The number of hydrogen-bond acceptors (Lipinski definition) is 6. The number of halogens is 4. The quantitative estimate of drug-likeness (QED) is 0.338. The number of hydrogen-bond donors (Lipinski definition) is 2. The maximum atomic E-state index is 14.1. The molecule has 0 aliphatic carbocycles. The Kier molecular flexibility index (Phi) is 7.50. The van der Waals surface area contributed by atoms with Crippen LogP contribution in [0.3, 0.4) is 0 Å². The lowest BCUT2D eigenvalue weighted by Crippen LogP contribution is -2.15. The summed E-state index contributed by atoms with van der Waals surface area (Å²) < 4.78 is 84.0. The second kappa shape index (κ2) is 10.0. The number of carbonyl (C=O) groups is 1. The average molecular weight is 531 g/mol. The summed E-state index contributed by atoms with van der Waals surface area (Å²) in [5.74, 6) is -2.91. The highest BCUT2D eigenvalue weighted by Gasteiger charge is 2.27. The molecule has 3 rings (SSSR count). The molecule has 2 aromatic carbocycles. The molecule has 35 heavy (non-hydrogen) atoms. The van der Waals surface area contributed by atoms with Crippen LogP contribution in [0.15, 0.2) is 53.4 Å².